The number of nitrogens with zero attached hydrogens (tertiary/aromatic N) is 2. The average molecular weight is 245 g/mol. The molecule has 0 amide bonds. The van der Waals surface area contributed by atoms with Gasteiger partial charge in [-0.1, -0.05) is 30.3 Å². The van der Waals surface area contributed by atoms with E-state index < -0.39 is 5.54 Å². The average Bonchev–Trinajstić information content (AvgIpc) is 2.82. The standard InChI is InChI=1S/C14H19N3O/c1-12-8-9-16-17(12)10-14(11-18,15-2)13-6-4-3-5-7-13/h3-9,15,18H,10-11H2,1-2H3. The lowest BCUT2D eigenvalue weighted by molar-refractivity contribution is 0.145. The molecule has 0 saturated heterocycles. The molecule has 2 aromatic rings. The summed E-state index contributed by atoms with van der Waals surface area (Å²) in [7, 11) is 1.86. The van der Waals surface area contributed by atoms with Crippen LogP contribution >= 0.6 is 0 Å². The second-order valence-electron chi connectivity index (χ2n) is 4.49. The monoisotopic (exact) mass is 245 g/mol. The summed E-state index contributed by atoms with van der Waals surface area (Å²) >= 11 is 0. The van der Waals surface area contributed by atoms with E-state index in [1.807, 2.05) is 55.1 Å². The molecule has 0 fully saturated rings. The van der Waals surface area contributed by atoms with Crippen molar-refractivity contribution >= 4 is 0 Å². The van der Waals surface area contributed by atoms with E-state index in [-0.39, 0.29) is 6.61 Å². The molecule has 1 atom stereocenters. The zero-order chi connectivity index (χ0) is 13.0. The summed E-state index contributed by atoms with van der Waals surface area (Å²) in [4.78, 5) is 0. The minimum absolute atomic E-state index is 0.0206. The third kappa shape index (κ3) is 2.30. The van der Waals surface area contributed by atoms with Crippen molar-refractivity contribution in [3.63, 3.8) is 0 Å². The highest BCUT2D eigenvalue weighted by atomic mass is 16.3. The predicted molar refractivity (Wildman–Crippen MR) is 71.2 cm³/mol. The number of aliphatic hydroxyl groups excluding tert-OH is 1. The van der Waals surface area contributed by atoms with E-state index in [0.717, 1.165) is 11.3 Å². The molecule has 0 aliphatic heterocycles. The van der Waals surface area contributed by atoms with Gasteiger partial charge in [0.05, 0.1) is 18.7 Å². The molecule has 96 valence electrons. The van der Waals surface area contributed by atoms with Crippen molar-refractivity contribution in [3.8, 4) is 0 Å². The molecule has 1 aromatic carbocycles. The van der Waals surface area contributed by atoms with Crippen LogP contribution in [0, 0.1) is 6.92 Å². The lowest BCUT2D eigenvalue weighted by Crippen LogP contribution is -2.47. The number of hydrogen-bond acceptors (Lipinski definition) is 3. The van der Waals surface area contributed by atoms with Crippen LogP contribution in [0.25, 0.3) is 0 Å². The molecule has 0 aliphatic carbocycles. The number of aromatic nitrogens is 2. The minimum atomic E-state index is -0.502. The highest BCUT2D eigenvalue weighted by Crippen LogP contribution is 2.22. The van der Waals surface area contributed by atoms with Gasteiger partial charge in [-0.2, -0.15) is 5.10 Å². The van der Waals surface area contributed by atoms with E-state index in [2.05, 4.69) is 10.4 Å². The highest BCUT2D eigenvalue weighted by molar-refractivity contribution is 5.24. The molecule has 0 aliphatic rings. The maximum Gasteiger partial charge on any atom is 0.0865 e. The van der Waals surface area contributed by atoms with E-state index in [0.29, 0.717) is 6.54 Å². The van der Waals surface area contributed by atoms with Crippen molar-refractivity contribution in [1.82, 2.24) is 15.1 Å². The summed E-state index contributed by atoms with van der Waals surface area (Å²) in [6.07, 6.45) is 1.78. The normalized spacial score (nSPS) is 14.4. The molecule has 2 rings (SSSR count). The van der Waals surface area contributed by atoms with E-state index in [1.165, 1.54) is 0 Å². The van der Waals surface area contributed by atoms with E-state index in [9.17, 15) is 5.11 Å². The highest BCUT2D eigenvalue weighted by Gasteiger charge is 2.30. The third-order valence-corrected chi connectivity index (χ3v) is 3.42. The first-order valence-electron chi connectivity index (χ1n) is 6.05. The second kappa shape index (κ2) is 5.33. The lowest BCUT2D eigenvalue weighted by Gasteiger charge is -2.32. The topological polar surface area (TPSA) is 50.1 Å². The minimum Gasteiger partial charge on any atom is -0.394 e. The van der Waals surface area contributed by atoms with Crippen LogP contribution in [0.15, 0.2) is 42.6 Å². The van der Waals surface area contributed by atoms with E-state index in [1.54, 1.807) is 6.20 Å². The number of hydrogen-bond donors (Lipinski definition) is 2. The van der Waals surface area contributed by atoms with Crippen LogP contribution in [0.5, 0.6) is 0 Å². The Balaban J connectivity index is 2.36. The van der Waals surface area contributed by atoms with Crippen LogP contribution in [0.4, 0.5) is 0 Å². The Morgan fingerprint density at radius 1 is 1.28 bits per heavy atom. The maximum absolute atomic E-state index is 9.82. The van der Waals surface area contributed by atoms with E-state index in [4.69, 9.17) is 0 Å². The Bertz CT molecular complexity index is 489. The zero-order valence-electron chi connectivity index (χ0n) is 10.8. The summed E-state index contributed by atoms with van der Waals surface area (Å²) in [5.41, 5.74) is 1.64. The van der Waals surface area contributed by atoms with Gasteiger partial charge in [-0.15, -0.1) is 0 Å². The van der Waals surface area contributed by atoms with Gasteiger partial charge < -0.3 is 10.4 Å². The number of likely N-dealkylation sites (N-methyl/N-ethyl adjacent to an activating group) is 1. The van der Waals surface area contributed by atoms with Crippen molar-refractivity contribution in [2.75, 3.05) is 13.7 Å². The number of nitrogens with one attached hydrogen (secondary N) is 1. The summed E-state index contributed by atoms with van der Waals surface area (Å²) in [6, 6.07) is 11.9. The van der Waals surface area contributed by atoms with E-state index >= 15 is 0 Å². The van der Waals surface area contributed by atoms with Gasteiger partial charge in [0.1, 0.15) is 0 Å². The van der Waals surface area contributed by atoms with Gasteiger partial charge in [0.2, 0.25) is 0 Å². The summed E-state index contributed by atoms with van der Waals surface area (Å²) in [6.45, 7) is 2.63. The van der Waals surface area contributed by atoms with Gasteiger partial charge in [0.15, 0.2) is 0 Å². The van der Waals surface area contributed by atoms with Crippen molar-refractivity contribution in [2.24, 2.45) is 0 Å². The fourth-order valence-electron chi connectivity index (χ4n) is 2.11. The number of aliphatic hydroxyl groups is 1. The van der Waals surface area contributed by atoms with Crippen molar-refractivity contribution in [2.45, 2.75) is 19.0 Å². The molecule has 0 bridgehead atoms. The summed E-state index contributed by atoms with van der Waals surface area (Å²) < 4.78 is 1.90. The largest absolute Gasteiger partial charge is 0.394 e. The fourth-order valence-corrected chi connectivity index (χ4v) is 2.11. The zero-order valence-corrected chi connectivity index (χ0v) is 10.8. The summed E-state index contributed by atoms with van der Waals surface area (Å²) in [5.74, 6) is 0. The molecular weight excluding hydrogens is 226 g/mol. The molecule has 2 N–H and O–H groups in total. The molecule has 18 heavy (non-hydrogen) atoms. The van der Waals surface area contributed by atoms with Crippen LogP contribution < -0.4 is 5.32 Å². The molecule has 0 spiro atoms. The third-order valence-electron chi connectivity index (χ3n) is 3.42. The SMILES string of the molecule is CNC(CO)(Cn1nccc1C)c1ccccc1. The molecule has 1 aromatic heterocycles. The Hall–Kier alpha value is -1.65. The number of aryl methyl sites for hydroxylation is 1. The van der Waals surface area contributed by atoms with Gasteiger partial charge in [-0.3, -0.25) is 4.68 Å². The molecule has 0 saturated carbocycles. The van der Waals surface area contributed by atoms with Crippen LogP contribution in [-0.2, 0) is 12.1 Å². The molecule has 0 radical (unpaired) electrons. The Morgan fingerprint density at radius 3 is 2.50 bits per heavy atom. The predicted octanol–water partition coefficient (Wildman–Crippen LogP) is 1.30. The molecule has 4 nitrogen and oxygen atoms in total. The smallest absolute Gasteiger partial charge is 0.0865 e. The Kier molecular flexibility index (Phi) is 3.79. The first-order valence-corrected chi connectivity index (χ1v) is 6.05. The van der Waals surface area contributed by atoms with Crippen LogP contribution in [0.3, 0.4) is 0 Å². The fraction of sp³-hybridized carbons (Fsp3) is 0.357. The Labute approximate surface area is 107 Å². The van der Waals surface area contributed by atoms with Gasteiger partial charge in [-0.05, 0) is 25.6 Å². The van der Waals surface area contributed by atoms with Crippen molar-refractivity contribution < 1.29 is 5.11 Å². The number of benzene rings is 1. The molecule has 1 heterocycles. The Morgan fingerprint density at radius 2 is 2.00 bits per heavy atom. The second-order valence-corrected chi connectivity index (χ2v) is 4.49. The molecular formula is C14H19N3O. The maximum atomic E-state index is 9.82. The van der Waals surface area contributed by atoms with Gasteiger partial charge in [0.25, 0.3) is 0 Å². The first kappa shape index (κ1) is 12.8. The van der Waals surface area contributed by atoms with Crippen LogP contribution in [0.1, 0.15) is 11.3 Å². The summed E-state index contributed by atoms with van der Waals surface area (Å²) in [5, 5.41) is 17.3. The first-order chi connectivity index (χ1) is 8.72. The van der Waals surface area contributed by atoms with Gasteiger partial charge in [-0.25, -0.2) is 0 Å². The molecule has 4 heteroatoms. The quantitative estimate of drug-likeness (QED) is 0.835. The van der Waals surface area contributed by atoms with Crippen LogP contribution in [0.2, 0.25) is 0 Å². The van der Waals surface area contributed by atoms with Crippen molar-refractivity contribution in [1.29, 1.82) is 0 Å². The number of rotatable bonds is 5. The molecule has 1 unspecified atom stereocenters. The van der Waals surface area contributed by atoms with Crippen molar-refractivity contribution in [3.05, 3.63) is 53.9 Å². The lowest BCUT2D eigenvalue weighted by atomic mass is 9.90. The van der Waals surface area contributed by atoms with Gasteiger partial charge >= 0.3 is 0 Å². The van der Waals surface area contributed by atoms with Crippen LogP contribution in [-0.4, -0.2) is 28.5 Å². The van der Waals surface area contributed by atoms with Gasteiger partial charge in [0, 0.05) is 11.9 Å².